The minimum absolute atomic E-state index is 0.156. The third-order valence-corrected chi connectivity index (χ3v) is 5.96. The largest absolute Gasteiger partial charge is 0.337 e. The summed E-state index contributed by atoms with van der Waals surface area (Å²) in [6.45, 7) is 2.81. The number of anilines is 1. The number of hydrogen-bond acceptors (Lipinski definition) is 7. The molecular weight excluding hydrogens is 386 g/mol. The number of benzene rings is 1. The highest BCUT2D eigenvalue weighted by molar-refractivity contribution is 6.06. The number of nitrogens with two attached hydrogens (primary N) is 1. The standard InChI is InChI=1S/C20H23N7O3/c21-9-15-22-20-25(7-2-8-27(20)24-15)10-12-3-1-4-13-11-26(19(30)17(12)13)14-5-6-16(28)23-18(14)29/h1,3-4,14H,2,5-11,21H2,(H,23,28,29). The predicted octanol–water partition coefficient (Wildman–Crippen LogP) is -0.0919. The molecule has 3 aliphatic heterocycles. The molecular formula is C20H23N7O3. The molecule has 0 saturated carbocycles. The topological polar surface area (TPSA) is 126 Å². The molecule has 2 aromatic rings. The van der Waals surface area contributed by atoms with Crippen LogP contribution in [0.1, 0.15) is 46.6 Å². The molecule has 10 nitrogen and oxygen atoms in total. The SMILES string of the molecule is NCc1nc2n(n1)CCCN2Cc1cccc2c1C(=O)N(C1CCC(=O)NC1=O)C2. The summed E-state index contributed by atoms with van der Waals surface area (Å²) in [4.78, 5) is 45.3. The Morgan fingerprint density at radius 2 is 2.07 bits per heavy atom. The number of hydrogen-bond donors (Lipinski definition) is 2. The van der Waals surface area contributed by atoms with E-state index in [-0.39, 0.29) is 24.8 Å². The molecule has 1 unspecified atom stereocenters. The summed E-state index contributed by atoms with van der Waals surface area (Å²) >= 11 is 0. The second-order valence-electron chi connectivity index (χ2n) is 7.88. The Kier molecular flexibility index (Phi) is 4.50. The fourth-order valence-corrected chi connectivity index (χ4v) is 4.54. The summed E-state index contributed by atoms with van der Waals surface area (Å²) in [5.41, 5.74) is 8.15. The highest BCUT2D eigenvalue weighted by atomic mass is 16.2. The highest BCUT2D eigenvalue weighted by Crippen LogP contribution is 2.31. The van der Waals surface area contributed by atoms with Gasteiger partial charge in [-0.05, 0) is 24.0 Å². The molecule has 3 amide bonds. The lowest BCUT2D eigenvalue weighted by Crippen LogP contribution is -2.52. The monoisotopic (exact) mass is 409 g/mol. The summed E-state index contributed by atoms with van der Waals surface area (Å²) in [6.07, 6.45) is 1.54. The van der Waals surface area contributed by atoms with Crippen LogP contribution in [0, 0.1) is 0 Å². The molecule has 5 rings (SSSR count). The van der Waals surface area contributed by atoms with E-state index in [9.17, 15) is 14.4 Å². The van der Waals surface area contributed by atoms with Crippen molar-refractivity contribution in [3.05, 3.63) is 40.7 Å². The fourth-order valence-electron chi connectivity index (χ4n) is 4.54. The van der Waals surface area contributed by atoms with Crippen LogP contribution in [0.4, 0.5) is 5.95 Å². The first-order chi connectivity index (χ1) is 14.5. The first-order valence-electron chi connectivity index (χ1n) is 10.2. The van der Waals surface area contributed by atoms with Crippen LogP contribution in [0.15, 0.2) is 18.2 Å². The van der Waals surface area contributed by atoms with Crippen LogP contribution in [-0.2, 0) is 35.8 Å². The Labute approximate surface area is 173 Å². The van der Waals surface area contributed by atoms with Crippen LogP contribution >= 0.6 is 0 Å². The molecule has 0 spiro atoms. The van der Waals surface area contributed by atoms with E-state index in [2.05, 4.69) is 20.3 Å². The molecule has 10 heteroatoms. The highest BCUT2D eigenvalue weighted by Gasteiger charge is 2.40. The molecule has 1 saturated heterocycles. The number of aryl methyl sites for hydroxylation is 1. The van der Waals surface area contributed by atoms with Crippen LogP contribution in [0.2, 0.25) is 0 Å². The minimum Gasteiger partial charge on any atom is -0.337 e. The van der Waals surface area contributed by atoms with E-state index in [1.165, 1.54) is 0 Å². The van der Waals surface area contributed by atoms with Crippen molar-refractivity contribution >= 4 is 23.7 Å². The number of nitrogens with one attached hydrogen (secondary N) is 1. The smallest absolute Gasteiger partial charge is 0.255 e. The molecule has 3 N–H and O–H groups in total. The van der Waals surface area contributed by atoms with Crippen molar-refractivity contribution in [1.29, 1.82) is 0 Å². The van der Waals surface area contributed by atoms with E-state index >= 15 is 0 Å². The van der Waals surface area contributed by atoms with E-state index < -0.39 is 11.9 Å². The van der Waals surface area contributed by atoms with Gasteiger partial charge in [0.15, 0.2) is 5.82 Å². The Balaban J connectivity index is 1.42. The van der Waals surface area contributed by atoms with Gasteiger partial charge in [0.05, 0.1) is 6.54 Å². The van der Waals surface area contributed by atoms with Crippen molar-refractivity contribution in [1.82, 2.24) is 25.0 Å². The second kappa shape index (κ2) is 7.21. The van der Waals surface area contributed by atoms with Gasteiger partial charge < -0.3 is 15.5 Å². The van der Waals surface area contributed by atoms with Crippen LogP contribution in [0.5, 0.6) is 0 Å². The van der Waals surface area contributed by atoms with Crippen molar-refractivity contribution in [3.63, 3.8) is 0 Å². The van der Waals surface area contributed by atoms with Gasteiger partial charge in [-0.15, -0.1) is 0 Å². The molecule has 4 heterocycles. The average Bonchev–Trinajstić information content (AvgIpc) is 3.30. The second-order valence-corrected chi connectivity index (χ2v) is 7.88. The molecule has 30 heavy (non-hydrogen) atoms. The van der Waals surface area contributed by atoms with Crippen molar-refractivity contribution in [2.45, 2.75) is 51.5 Å². The Bertz CT molecular complexity index is 1050. The summed E-state index contributed by atoms with van der Waals surface area (Å²) in [5.74, 6) is 0.540. The molecule has 3 aliphatic rings. The summed E-state index contributed by atoms with van der Waals surface area (Å²) in [6, 6.07) is 5.20. The van der Waals surface area contributed by atoms with E-state index in [0.29, 0.717) is 30.9 Å². The van der Waals surface area contributed by atoms with Crippen LogP contribution < -0.4 is 16.0 Å². The average molecular weight is 409 g/mol. The van der Waals surface area contributed by atoms with Crippen molar-refractivity contribution in [2.24, 2.45) is 5.73 Å². The van der Waals surface area contributed by atoms with Gasteiger partial charge in [0.25, 0.3) is 5.91 Å². The van der Waals surface area contributed by atoms with Gasteiger partial charge in [0, 0.05) is 38.2 Å². The molecule has 1 fully saturated rings. The van der Waals surface area contributed by atoms with E-state index in [0.717, 1.165) is 36.6 Å². The lowest BCUT2D eigenvalue weighted by Gasteiger charge is -2.30. The Morgan fingerprint density at radius 3 is 2.87 bits per heavy atom. The van der Waals surface area contributed by atoms with Crippen molar-refractivity contribution in [2.75, 3.05) is 11.4 Å². The zero-order chi connectivity index (χ0) is 20.8. The molecule has 0 aliphatic carbocycles. The third-order valence-electron chi connectivity index (χ3n) is 5.96. The maximum atomic E-state index is 13.3. The number of amides is 3. The van der Waals surface area contributed by atoms with Gasteiger partial charge in [-0.3, -0.25) is 19.7 Å². The number of aromatic nitrogens is 3. The normalized spacial score (nSPS) is 21.0. The molecule has 156 valence electrons. The quantitative estimate of drug-likeness (QED) is 0.676. The number of carbonyl (C=O) groups is 3. The van der Waals surface area contributed by atoms with Crippen LogP contribution in [0.25, 0.3) is 0 Å². The van der Waals surface area contributed by atoms with Gasteiger partial charge in [-0.25, -0.2) is 4.68 Å². The summed E-state index contributed by atoms with van der Waals surface area (Å²) < 4.78 is 1.87. The molecule has 0 bridgehead atoms. The van der Waals surface area contributed by atoms with Crippen molar-refractivity contribution in [3.8, 4) is 0 Å². The summed E-state index contributed by atoms with van der Waals surface area (Å²) in [5, 5.41) is 6.77. The Morgan fingerprint density at radius 1 is 1.20 bits per heavy atom. The first-order valence-corrected chi connectivity index (χ1v) is 10.2. The van der Waals surface area contributed by atoms with E-state index in [1.54, 1.807) is 4.90 Å². The number of carbonyl (C=O) groups excluding carboxylic acids is 3. The molecule has 1 atom stereocenters. The number of nitrogens with zero attached hydrogens (tertiary/aromatic N) is 5. The lowest BCUT2D eigenvalue weighted by atomic mass is 10.0. The van der Waals surface area contributed by atoms with E-state index in [1.807, 2.05) is 22.9 Å². The van der Waals surface area contributed by atoms with Gasteiger partial charge in [0.2, 0.25) is 17.8 Å². The molecule has 1 aromatic carbocycles. The maximum absolute atomic E-state index is 13.3. The number of piperidine rings is 1. The zero-order valence-electron chi connectivity index (χ0n) is 16.5. The minimum atomic E-state index is -0.611. The van der Waals surface area contributed by atoms with Crippen LogP contribution in [0.3, 0.4) is 0 Å². The number of fused-ring (bicyclic) bond motifs is 2. The zero-order valence-corrected chi connectivity index (χ0v) is 16.5. The van der Waals surface area contributed by atoms with Crippen LogP contribution in [-0.4, -0.2) is 50.0 Å². The third kappa shape index (κ3) is 3.04. The lowest BCUT2D eigenvalue weighted by molar-refractivity contribution is -0.136. The first kappa shape index (κ1) is 18.7. The Hall–Kier alpha value is -3.27. The van der Waals surface area contributed by atoms with E-state index in [4.69, 9.17) is 5.73 Å². The number of imide groups is 1. The van der Waals surface area contributed by atoms with Gasteiger partial charge >= 0.3 is 0 Å². The van der Waals surface area contributed by atoms with Gasteiger partial charge in [-0.2, -0.15) is 10.1 Å². The predicted molar refractivity (Wildman–Crippen MR) is 106 cm³/mol. The van der Waals surface area contributed by atoms with Crippen molar-refractivity contribution < 1.29 is 14.4 Å². The number of rotatable bonds is 4. The van der Waals surface area contributed by atoms with Gasteiger partial charge in [0.1, 0.15) is 6.04 Å². The molecule has 0 radical (unpaired) electrons. The molecule has 1 aromatic heterocycles. The summed E-state index contributed by atoms with van der Waals surface area (Å²) in [7, 11) is 0. The van der Waals surface area contributed by atoms with Gasteiger partial charge in [-0.1, -0.05) is 18.2 Å². The fraction of sp³-hybridized carbons (Fsp3) is 0.450. The maximum Gasteiger partial charge on any atom is 0.255 e.